The van der Waals surface area contributed by atoms with E-state index < -0.39 is 10.0 Å². The highest BCUT2D eigenvalue weighted by atomic mass is 32.2. The molecule has 1 aromatic heterocycles. The van der Waals surface area contributed by atoms with Crippen LogP contribution in [0.1, 0.15) is 38.2 Å². The van der Waals surface area contributed by atoms with E-state index in [0.29, 0.717) is 30.4 Å². The van der Waals surface area contributed by atoms with Crippen molar-refractivity contribution in [1.82, 2.24) is 14.3 Å². The molecule has 1 atom stereocenters. The first kappa shape index (κ1) is 20.1. The first-order valence-electron chi connectivity index (χ1n) is 10.4. The van der Waals surface area contributed by atoms with Crippen LogP contribution in [0.15, 0.2) is 41.6 Å². The van der Waals surface area contributed by atoms with Crippen molar-refractivity contribution in [2.75, 3.05) is 36.4 Å². The quantitative estimate of drug-likeness (QED) is 0.781. The molecular weight excluding hydrogens is 386 g/mol. The minimum Gasteiger partial charge on any atom is -0.366 e. The molecule has 7 nitrogen and oxygen atoms in total. The molecule has 0 aliphatic carbocycles. The molecule has 0 bridgehead atoms. The van der Waals surface area contributed by atoms with Gasteiger partial charge >= 0.3 is 0 Å². The van der Waals surface area contributed by atoms with Gasteiger partial charge in [-0.05, 0) is 49.3 Å². The van der Waals surface area contributed by atoms with E-state index in [-0.39, 0.29) is 0 Å². The summed E-state index contributed by atoms with van der Waals surface area (Å²) >= 11 is 0. The van der Waals surface area contributed by atoms with Gasteiger partial charge in [-0.1, -0.05) is 19.1 Å². The Bertz CT molecular complexity index is 926. The Labute approximate surface area is 173 Å². The molecular formula is C21H29N5O2S. The topological polar surface area (TPSA) is 78.4 Å². The van der Waals surface area contributed by atoms with Crippen molar-refractivity contribution in [3.05, 3.63) is 42.2 Å². The SMILES string of the molecule is CC1CCCN(c2cc(NCc3ccc(S(=O)(=O)N4CCCC4)cc3)ncn2)C1. The third kappa shape index (κ3) is 4.70. The second kappa shape index (κ2) is 8.67. The standard InChI is InChI=1S/C21H29N5O2S/c1-17-5-4-10-25(15-17)21-13-20(23-16-24-21)22-14-18-6-8-19(9-7-18)29(27,28)26-11-2-3-12-26/h6-9,13,16-17H,2-5,10-12,14-15H2,1H3,(H,22,23,24). The summed E-state index contributed by atoms with van der Waals surface area (Å²) < 4.78 is 26.8. The van der Waals surface area contributed by atoms with Gasteiger partial charge in [-0.3, -0.25) is 0 Å². The van der Waals surface area contributed by atoms with Crippen molar-refractivity contribution in [3.8, 4) is 0 Å². The van der Waals surface area contributed by atoms with Gasteiger partial charge in [-0.15, -0.1) is 0 Å². The van der Waals surface area contributed by atoms with Gasteiger partial charge in [0.05, 0.1) is 4.90 Å². The minimum atomic E-state index is -3.36. The van der Waals surface area contributed by atoms with Gasteiger partial charge in [-0.25, -0.2) is 18.4 Å². The van der Waals surface area contributed by atoms with Crippen molar-refractivity contribution in [2.45, 2.75) is 44.0 Å². The summed E-state index contributed by atoms with van der Waals surface area (Å²) in [6.45, 7) is 6.17. The van der Waals surface area contributed by atoms with Crippen molar-refractivity contribution < 1.29 is 8.42 Å². The molecule has 2 saturated heterocycles. The van der Waals surface area contributed by atoms with E-state index in [2.05, 4.69) is 27.1 Å². The molecule has 2 fully saturated rings. The van der Waals surface area contributed by atoms with E-state index in [1.165, 1.54) is 12.8 Å². The van der Waals surface area contributed by atoms with Gasteiger partial charge in [0, 0.05) is 38.8 Å². The van der Waals surface area contributed by atoms with Crippen molar-refractivity contribution >= 4 is 21.7 Å². The van der Waals surface area contributed by atoms with Crippen LogP contribution in [0.3, 0.4) is 0 Å². The Hall–Kier alpha value is -2.19. The molecule has 3 heterocycles. The maximum absolute atomic E-state index is 12.6. The van der Waals surface area contributed by atoms with E-state index in [4.69, 9.17) is 0 Å². The Morgan fingerprint density at radius 2 is 1.83 bits per heavy atom. The average molecular weight is 416 g/mol. The zero-order valence-electron chi connectivity index (χ0n) is 16.9. The van der Waals surface area contributed by atoms with Gasteiger partial charge in [-0.2, -0.15) is 4.31 Å². The van der Waals surface area contributed by atoms with Crippen molar-refractivity contribution in [2.24, 2.45) is 5.92 Å². The van der Waals surface area contributed by atoms with Gasteiger partial charge in [0.15, 0.2) is 0 Å². The molecule has 29 heavy (non-hydrogen) atoms. The van der Waals surface area contributed by atoms with Crippen LogP contribution in [0.5, 0.6) is 0 Å². The second-order valence-electron chi connectivity index (χ2n) is 8.06. The number of aromatic nitrogens is 2. The first-order valence-corrected chi connectivity index (χ1v) is 11.9. The van der Waals surface area contributed by atoms with Gasteiger partial charge < -0.3 is 10.2 Å². The van der Waals surface area contributed by atoms with Crippen LogP contribution in [-0.4, -0.2) is 48.9 Å². The third-order valence-electron chi connectivity index (χ3n) is 5.73. The molecule has 0 radical (unpaired) electrons. The lowest BCUT2D eigenvalue weighted by Crippen LogP contribution is -2.34. The highest BCUT2D eigenvalue weighted by Crippen LogP contribution is 2.23. The molecule has 2 aliphatic rings. The molecule has 8 heteroatoms. The van der Waals surface area contributed by atoms with Crippen LogP contribution in [-0.2, 0) is 16.6 Å². The lowest BCUT2D eigenvalue weighted by molar-refractivity contribution is 0.444. The fraction of sp³-hybridized carbons (Fsp3) is 0.524. The maximum atomic E-state index is 12.6. The highest BCUT2D eigenvalue weighted by Gasteiger charge is 2.26. The van der Waals surface area contributed by atoms with Crippen molar-refractivity contribution in [3.63, 3.8) is 0 Å². The number of hydrogen-bond donors (Lipinski definition) is 1. The predicted molar refractivity (Wildman–Crippen MR) is 114 cm³/mol. The lowest BCUT2D eigenvalue weighted by atomic mass is 10.0. The van der Waals surface area contributed by atoms with E-state index in [9.17, 15) is 8.42 Å². The molecule has 1 N–H and O–H groups in total. The molecule has 1 unspecified atom stereocenters. The molecule has 4 rings (SSSR count). The van der Waals surface area contributed by atoms with E-state index in [0.717, 1.165) is 43.1 Å². The minimum absolute atomic E-state index is 0.367. The zero-order chi connectivity index (χ0) is 20.3. The van der Waals surface area contributed by atoms with Gasteiger partial charge in [0.2, 0.25) is 10.0 Å². The van der Waals surface area contributed by atoms with E-state index >= 15 is 0 Å². The Kier molecular flexibility index (Phi) is 6.01. The Morgan fingerprint density at radius 1 is 1.07 bits per heavy atom. The van der Waals surface area contributed by atoms with Crippen LogP contribution in [0.2, 0.25) is 0 Å². The summed E-state index contributed by atoms with van der Waals surface area (Å²) in [6.07, 6.45) is 5.95. The largest absolute Gasteiger partial charge is 0.366 e. The maximum Gasteiger partial charge on any atom is 0.243 e. The summed E-state index contributed by atoms with van der Waals surface area (Å²) in [4.78, 5) is 11.4. The summed E-state index contributed by atoms with van der Waals surface area (Å²) in [5.74, 6) is 2.42. The second-order valence-corrected chi connectivity index (χ2v) is 10.0. The molecule has 0 spiro atoms. The van der Waals surface area contributed by atoms with E-state index in [1.54, 1.807) is 22.8 Å². The Morgan fingerprint density at radius 3 is 2.55 bits per heavy atom. The normalized spacial score (nSPS) is 20.7. The highest BCUT2D eigenvalue weighted by molar-refractivity contribution is 7.89. The van der Waals surface area contributed by atoms with Crippen LogP contribution >= 0.6 is 0 Å². The number of benzene rings is 1. The summed E-state index contributed by atoms with van der Waals surface area (Å²) in [5.41, 5.74) is 1.01. The fourth-order valence-corrected chi connectivity index (χ4v) is 5.58. The van der Waals surface area contributed by atoms with Gasteiger partial charge in [0.25, 0.3) is 0 Å². The summed E-state index contributed by atoms with van der Waals surface area (Å²) in [5, 5.41) is 3.33. The fourth-order valence-electron chi connectivity index (χ4n) is 4.06. The predicted octanol–water partition coefficient (Wildman–Crippen LogP) is 3.11. The van der Waals surface area contributed by atoms with Crippen LogP contribution in [0, 0.1) is 5.92 Å². The number of nitrogens with one attached hydrogen (secondary N) is 1. The summed E-state index contributed by atoms with van der Waals surface area (Å²) in [6, 6.07) is 9.12. The van der Waals surface area contributed by atoms with Gasteiger partial charge in [0.1, 0.15) is 18.0 Å². The van der Waals surface area contributed by atoms with E-state index in [1.807, 2.05) is 18.2 Å². The number of rotatable bonds is 6. The monoisotopic (exact) mass is 415 g/mol. The average Bonchev–Trinajstić information content (AvgIpc) is 3.29. The third-order valence-corrected chi connectivity index (χ3v) is 7.65. The summed E-state index contributed by atoms with van der Waals surface area (Å²) in [7, 11) is -3.36. The molecule has 0 saturated carbocycles. The van der Waals surface area contributed by atoms with Crippen molar-refractivity contribution in [1.29, 1.82) is 0 Å². The van der Waals surface area contributed by atoms with Crippen LogP contribution < -0.4 is 10.2 Å². The number of piperidine rings is 1. The van der Waals surface area contributed by atoms with Crippen LogP contribution in [0.25, 0.3) is 0 Å². The molecule has 0 amide bonds. The lowest BCUT2D eigenvalue weighted by Gasteiger charge is -2.31. The molecule has 1 aromatic carbocycles. The number of hydrogen-bond acceptors (Lipinski definition) is 6. The van der Waals surface area contributed by atoms with Crippen LogP contribution in [0.4, 0.5) is 11.6 Å². The zero-order valence-corrected chi connectivity index (χ0v) is 17.7. The Balaban J connectivity index is 1.38. The first-order chi connectivity index (χ1) is 14.0. The number of nitrogens with zero attached hydrogens (tertiary/aromatic N) is 4. The molecule has 2 aromatic rings. The number of sulfonamides is 1. The molecule has 156 valence electrons. The smallest absolute Gasteiger partial charge is 0.243 e. The molecule has 2 aliphatic heterocycles. The number of anilines is 2.